The number of fused-ring (bicyclic) bond motifs is 1. The van der Waals surface area contributed by atoms with Crippen molar-refractivity contribution in [3.05, 3.63) is 34.3 Å². The lowest BCUT2D eigenvalue weighted by molar-refractivity contribution is 0.415. The number of imidazole rings is 1. The van der Waals surface area contributed by atoms with Crippen LogP contribution in [-0.2, 0) is 0 Å². The van der Waals surface area contributed by atoms with Gasteiger partial charge in [-0.2, -0.15) is 0 Å². The van der Waals surface area contributed by atoms with Gasteiger partial charge in [0, 0.05) is 17.1 Å². The van der Waals surface area contributed by atoms with Gasteiger partial charge in [-0.05, 0) is 26.0 Å². The van der Waals surface area contributed by atoms with Crippen molar-refractivity contribution in [2.24, 2.45) is 0 Å². The highest BCUT2D eigenvalue weighted by Gasteiger charge is 2.18. The van der Waals surface area contributed by atoms with E-state index in [-0.39, 0.29) is 6.04 Å². The van der Waals surface area contributed by atoms with E-state index in [0.29, 0.717) is 5.95 Å². The summed E-state index contributed by atoms with van der Waals surface area (Å²) in [4.78, 5) is 10.0. The monoisotopic (exact) mass is 288 g/mol. The molecule has 0 aliphatic carbocycles. The molecule has 1 atom stereocenters. The fourth-order valence-corrected chi connectivity index (χ4v) is 3.12. The topological polar surface area (TPSA) is 66.0 Å². The molecule has 0 amide bonds. The van der Waals surface area contributed by atoms with Crippen LogP contribution in [0.5, 0.6) is 5.75 Å². The number of nitrogens with two attached hydrogens (primary N) is 1. The smallest absolute Gasteiger partial charge is 0.201 e. The van der Waals surface area contributed by atoms with Gasteiger partial charge >= 0.3 is 0 Å². The van der Waals surface area contributed by atoms with Crippen LogP contribution in [-0.4, -0.2) is 21.6 Å². The fourth-order valence-electron chi connectivity index (χ4n) is 2.31. The molecule has 2 heterocycles. The molecule has 1 unspecified atom stereocenters. The maximum absolute atomic E-state index is 6.08. The highest BCUT2D eigenvalue weighted by Crippen LogP contribution is 2.30. The first-order chi connectivity index (χ1) is 9.60. The third kappa shape index (κ3) is 2.02. The first-order valence-electron chi connectivity index (χ1n) is 6.34. The van der Waals surface area contributed by atoms with E-state index in [4.69, 9.17) is 10.5 Å². The molecular weight excluding hydrogens is 272 g/mol. The van der Waals surface area contributed by atoms with Crippen molar-refractivity contribution in [2.75, 3.05) is 12.8 Å². The average molecular weight is 288 g/mol. The second-order valence-corrected chi connectivity index (χ2v) is 5.95. The minimum atomic E-state index is 0.0621. The van der Waals surface area contributed by atoms with Crippen LogP contribution in [0.25, 0.3) is 11.0 Å². The normalized spacial score (nSPS) is 12.8. The number of benzene rings is 1. The second kappa shape index (κ2) is 4.79. The molecule has 2 N–H and O–H groups in total. The minimum absolute atomic E-state index is 0.0621. The number of nitrogens with zero attached hydrogens (tertiary/aromatic N) is 3. The predicted molar refractivity (Wildman–Crippen MR) is 81.4 cm³/mol. The number of ether oxygens (including phenoxy) is 1. The van der Waals surface area contributed by atoms with Gasteiger partial charge in [0.1, 0.15) is 10.8 Å². The van der Waals surface area contributed by atoms with Crippen LogP contribution < -0.4 is 10.5 Å². The molecule has 20 heavy (non-hydrogen) atoms. The Bertz CT molecular complexity index is 762. The zero-order chi connectivity index (χ0) is 14.3. The maximum Gasteiger partial charge on any atom is 0.201 e. The van der Waals surface area contributed by atoms with E-state index in [1.54, 1.807) is 18.4 Å². The van der Waals surface area contributed by atoms with Gasteiger partial charge in [-0.25, -0.2) is 9.97 Å². The standard InChI is InChI=1S/C14H16N4OS/c1-8-7-16-13(20-8)9(2)18-12-5-4-10(19-3)6-11(12)17-14(18)15/h4-7,9H,1-3H3,(H2,15,17). The Balaban J connectivity index is 2.13. The molecular formula is C14H16N4OS. The van der Waals surface area contributed by atoms with E-state index < -0.39 is 0 Å². The Labute approximate surface area is 121 Å². The summed E-state index contributed by atoms with van der Waals surface area (Å²) < 4.78 is 7.23. The largest absolute Gasteiger partial charge is 0.497 e. The Hall–Kier alpha value is -2.08. The number of anilines is 1. The molecule has 0 fully saturated rings. The maximum atomic E-state index is 6.08. The van der Waals surface area contributed by atoms with Crippen molar-refractivity contribution in [3.63, 3.8) is 0 Å². The molecule has 5 nitrogen and oxygen atoms in total. The molecule has 3 aromatic rings. The van der Waals surface area contributed by atoms with Crippen molar-refractivity contribution in [2.45, 2.75) is 19.9 Å². The summed E-state index contributed by atoms with van der Waals surface area (Å²) in [6, 6.07) is 5.85. The van der Waals surface area contributed by atoms with Crippen molar-refractivity contribution in [1.29, 1.82) is 0 Å². The molecule has 0 saturated heterocycles. The van der Waals surface area contributed by atoms with Crippen molar-refractivity contribution in [3.8, 4) is 5.75 Å². The second-order valence-electron chi connectivity index (χ2n) is 4.68. The Morgan fingerprint density at radius 2 is 2.20 bits per heavy atom. The number of nitrogen functional groups attached to an aromatic ring is 1. The average Bonchev–Trinajstić information content (AvgIpc) is 3.00. The molecule has 1 aromatic carbocycles. The highest BCUT2D eigenvalue weighted by atomic mass is 32.1. The van der Waals surface area contributed by atoms with E-state index in [1.165, 1.54) is 4.88 Å². The molecule has 6 heteroatoms. The van der Waals surface area contributed by atoms with Gasteiger partial charge in [-0.1, -0.05) is 0 Å². The molecule has 0 radical (unpaired) electrons. The number of methoxy groups -OCH3 is 1. The van der Waals surface area contributed by atoms with Gasteiger partial charge in [0.15, 0.2) is 0 Å². The number of hydrogen-bond acceptors (Lipinski definition) is 5. The summed E-state index contributed by atoms with van der Waals surface area (Å²) in [5, 5.41) is 1.03. The van der Waals surface area contributed by atoms with E-state index in [2.05, 4.69) is 16.9 Å². The lowest BCUT2D eigenvalue weighted by Crippen LogP contribution is -2.09. The van der Waals surface area contributed by atoms with Gasteiger partial charge in [0.05, 0.1) is 24.2 Å². The molecule has 0 saturated carbocycles. The Morgan fingerprint density at radius 1 is 1.40 bits per heavy atom. The van der Waals surface area contributed by atoms with Gasteiger partial charge < -0.3 is 15.0 Å². The predicted octanol–water partition coefficient (Wildman–Crippen LogP) is 3.00. The SMILES string of the molecule is COc1ccc2c(c1)nc(N)n2C(C)c1ncc(C)s1. The number of hydrogen-bond donors (Lipinski definition) is 1. The van der Waals surface area contributed by atoms with Crippen LogP contribution >= 0.6 is 11.3 Å². The molecule has 0 aliphatic rings. The molecule has 2 aromatic heterocycles. The van der Waals surface area contributed by atoms with Crippen LogP contribution in [0.2, 0.25) is 0 Å². The molecule has 3 rings (SSSR count). The summed E-state index contributed by atoms with van der Waals surface area (Å²) in [6.07, 6.45) is 1.88. The quantitative estimate of drug-likeness (QED) is 0.804. The number of thiazole rings is 1. The first kappa shape index (κ1) is 12.9. The Kier molecular flexibility index (Phi) is 3.10. The number of aryl methyl sites for hydroxylation is 1. The highest BCUT2D eigenvalue weighted by molar-refractivity contribution is 7.11. The van der Waals surface area contributed by atoms with Gasteiger partial charge in [0.25, 0.3) is 0 Å². The van der Waals surface area contributed by atoms with Crippen LogP contribution in [0.15, 0.2) is 24.4 Å². The summed E-state index contributed by atoms with van der Waals surface area (Å²) >= 11 is 1.68. The van der Waals surface area contributed by atoms with E-state index >= 15 is 0 Å². The summed E-state index contributed by atoms with van der Waals surface area (Å²) in [5.74, 6) is 1.27. The third-order valence-electron chi connectivity index (χ3n) is 3.31. The zero-order valence-electron chi connectivity index (χ0n) is 11.6. The van der Waals surface area contributed by atoms with Crippen LogP contribution in [0.3, 0.4) is 0 Å². The van der Waals surface area contributed by atoms with Crippen LogP contribution in [0.1, 0.15) is 22.9 Å². The number of aromatic nitrogens is 3. The summed E-state index contributed by atoms with van der Waals surface area (Å²) in [7, 11) is 1.64. The fraction of sp³-hybridized carbons (Fsp3) is 0.286. The van der Waals surface area contributed by atoms with Crippen molar-refractivity contribution >= 4 is 28.3 Å². The van der Waals surface area contributed by atoms with Crippen LogP contribution in [0.4, 0.5) is 5.95 Å². The third-order valence-corrected chi connectivity index (χ3v) is 4.39. The van der Waals surface area contributed by atoms with Gasteiger partial charge in [-0.3, -0.25) is 0 Å². The van der Waals surface area contributed by atoms with Crippen molar-refractivity contribution in [1.82, 2.24) is 14.5 Å². The van der Waals surface area contributed by atoms with E-state index in [1.807, 2.05) is 35.9 Å². The summed E-state index contributed by atoms with van der Waals surface area (Å²) in [6.45, 7) is 4.13. The summed E-state index contributed by atoms with van der Waals surface area (Å²) in [5.41, 5.74) is 7.90. The molecule has 104 valence electrons. The minimum Gasteiger partial charge on any atom is -0.497 e. The van der Waals surface area contributed by atoms with Crippen LogP contribution in [0, 0.1) is 6.92 Å². The van der Waals surface area contributed by atoms with Gasteiger partial charge in [0.2, 0.25) is 5.95 Å². The van der Waals surface area contributed by atoms with Gasteiger partial charge in [-0.15, -0.1) is 11.3 Å². The molecule has 0 bridgehead atoms. The molecule has 0 spiro atoms. The molecule has 0 aliphatic heterocycles. The zero-order valence-corrected chi connectivity index (χ0v) is 12.4. The van der Waals surface area contributed by atoms with E-state index in [0.717, 1.165) is 21.8 Å². The first-order valence-corrected chi connectivity index (χ1v) is 7.15. The number of rotatable bonds is 3. The van der Waals surface area contributed by atoms with Crippen molar-refractivity contribution < 1.29 is 4.74 Å². The lowest BCUT2D eigenvalue weighted by Gasteiger charge is -2.13. The lowest BCUT2D eigenvalue weighted by atomic mass is 10.2. The Morgan fingerprint density at radius 3 is 2.85 bits per heavy atom. The van der Waals surface area contributed by atoms with E-state index in [9.17, 15) is 0 Å².